The monoisotopic (exact) mass is 349 g/mol. The summed E-state index contributed by atoms with van der Waals surface area (Å²) in [5.74, 6) is 0. The van der Waals surface area contributed by atoms with Crippen molar-refractivity contribution in [2.75, 3.05) is 32.8 Å². The zero-order valence-corrected chi connectivity index (χ0v) is 15.0. The molecule has 0 atom stereocenters. The lowest BCUT2D eigenvalue weighted by atomic mass is 9.89. The highest BCUT2D eigenvalue weighted by Crippen LogP contribution is 2.31. The van der Waals surface area contributed by atoms with Gasteiger partial charge in [0, 0.05) is 50.3 Å². The number of morpholine rings is 1. The number of nitrogens with zero attached hydrogens (tertiary/aromatic N) is 3. The summed E-state index contributed by atoms with van der Waals surface area (Å²) in [4.78, 5) is 10.7. The van der Waals surface area contributed by atoms with Crippen molar-refractivity contribution in [2.45, 2.75) is 31.5 Å². The van der Waals surface area contributed by atoms with E-state index in [-0.39, 0.29) is 5.60 Å². The first-order chi connectivity index (χ1) is 11.3. The molecule has 6 heteroatoms. The average molecular weight is 350 g/mol. The van der Waals surface area contributed by atoms with Crippen molar-refractivity contribution in [3.63, 3.8) is 0 Å². The van der Waals surface area contributed by atoms with E-state index in [9.17, 15) is 0 Å². The van der Waals surface area contributed by atoms with E-state index < -0.39 is 0 Å². The highest BCUT2D eigenvalue weighted by molar-refractivity contribution is 7.09. The Morgan fingerprint density at radius 3 is 2.83 bits per heavy atom. The lowest BCUT2D eigenvalue weighted by Gasteiger charge is -2.47. The average Bonchev–Trinajstić information content (AvgIpc) is 3.24. The van der Waals surface area contributed by atoms with Crippen LogP contribution in [0, 0.1) is 0 Å². The quantitative estimate of drug-likeness (QED) is 0.848. The zero-order chi connectivity index (χ0) is 15.5. The second-order valence-electron chi connectivity index (χ2n) is 6.62. The fourth-order valence-corrected chi connectivity index (χ4v) is 4.96. The number of thiazole rings is 1. The Morgan fingerprint density at radius 2 is 2.09 bits per heavy atom. The molecule has 0 bridgehead atoms. The van der Waals surface area contributed by atoms with Crippen molar-refractivity contribution in [2.24, 2.45) is 0 Å². The SMILES string of the molecule is c1cc(CN2CCOC3(CCN(Cc4cncs4)CC3)C2)cs1. The maximum Gasteiger partial charge on any atom is 0.0833 e. The third kappa shape index (κ3) is 3.83. The number of ether oxygens (including phenoxy) is 1. The molecule has 2 aromatic rings. The van der Waals surface area contributed by atoms with Crippen LogP contribution in [0.1, 0.15) is 23.3 Å². The lowest BCUT2D eigenvalue weighted by molar-refractivity contribution is -0.138. The third-order valence-corrected chi connectivity index (χ3v) is 6.44. The van der Waals surface area contributed by atoms with E-state index in [0.717, 1.165) is 58.7 Å². The molecule has 2 fully saturated rings. The molecule has 124 valence electrons. The summed E-state index contributed by atoms with van der Waals surface area (Å²) in [5, 5.41) is 4.43. The second-order valence-corrected chi connectivity index (χ2v) is 8.37. The van der Waals surface area contributed by atoms with Gasteiger partial charge in [0.25, 0.3) is 0 Å². The number of rotatable bonds is 4. The number of likely N-dealkylation sites (tertiary alicyclic amines) is 1. The summed E-state index contributed by atoms with van der Waals surface area (Å²) < 4.78 is 6.26. The van der Waals surface area contributed by atoms with Crippen LogP contribution in [0.4, 0.5) is 0 Å². The molecule has 2 aliphatic heterocycles. The predicted molar refractivity (Wildman–Crippen MR) is 94.9 cm³/mol. The summed E-state index contributed by atoms with van der Waals surface area (Å²) in [6.07, 6.45) is 4.28. The van der Waals surface area contributed by atoms with Crippen LogP contribution in [0.15, 0.2) is 28.5 Å². The molecule has 0 radical (unpaired) electrons. The fraction of sp³-hybridized carbons (Fsp3) is 0.588. The largest absolute Gasteiger partial charge is 0.372 e. The Morgan fingerprint density at radius 1 is 1.17 bits per heavy atom. The van der Waals surface area contributed by atoms with E-state index in [2.05, 4.69) is 31.6 Å². The summed E-state index contributed by atoms with van der Waals surface area (Å²) in [6, 6.07) is 2.24. The van der Waals surface area contributed by atoms with Gasteiger partial charge in [-0.1, -0.05) is 0 Å². The maximum absolute atomic E-state index is 6.26. The molecule has 0 unspecified atom stereocenters. The van der Waals surface area contributed by atoms with Gasteiger partial charge in [0.2, 0.25) is 0 Å². The minimum absolute atomic E-state index is 0.0818. The maximum atomic E-state index is 6.26. The van der Waals surface area contributed by atoms with Crippen LogP contribution < -0.4 is 0 Å². The summed E-state index contributed by atoms with van der Waals surface area (Å²) in [5.41, 5.74) is 3.45. The Kier molecular flexibility index (Phi) is 4.78. The Labute approximate surface area is 145 Å². The van der Waals surface area contributed by atoms with E-state index in [0.29, 0.717) is 0 Å². The number of hydrogen-bond acceptors (Lipinski definition) is 6. The normalized spacial score (nSPS) is 22.6. The van der Waals surface area contributed by atoms with E-state index in [1.807, 2.05) is 11.7 Å². The van der Waals surface area contributed by atoms with Gasteiger partial charge >= 0.3 is 0 Å². The molecular weight excluding hydrogens is 326 g/mol. The smallest absolute Gasteiger partial charge is 0.0833 e. The van der Waals surface area contributed by atoms with Gasteiger partial charge in [-0.15, -0.1) is 11.3 Å². The van der Waals surface area contributed by atoms with E-state index in [1.54, 1.807) is 22.7 Å². The Balaban J connectivity index is 1.32. The van der Waals surface area contributed by atoms with Gasteiger partial charge in [-0.05, 0) is 35.2 Å². The van der Waals surface area contributed by atoms with Gasteiger partial charge in [0.05, 0.1) is 17.7 Å². The Hall–Kier alpha value is -0.790. The number of hydrogen-bond donors (Lipinski definition) is 0. The standard InChI is InChI=1S/C17H23N3OS2/c1-8-22-12-15(1)10-20-6-7-21-17(13-20)2-4-19(5-3-17)11-16-9-18-14-23-16/h1,8-9,12,14H,2-7,10-11,13H2. The van der Waals surface area contributed by atoms with Gasteiger partial charge in [0.15, 0.2) is 0 Å². The molecule has 0 N–H and O–H groups in total. The van der Waals surface area contributed by atoms with Gasteiger partial charge in [-0.25, -0.2) is 0 Å². The first-order valence-corrected chi connectivity index (χ1v) is 10.1. The molecule has 2 saturated heterocycles. The molecule has 2 aromatic heterocycles. The van der Waals surface area contributed by atoms with Crippen LogP contribution >= 0.6 is 22.7 Å². The van der Waals surface area contributed by atoms with Crippen LogP contribution in [0.5, 0.6) is 0 Å². The summed E-state index contributed by atoms with van der Waals surface area (Å²) in [6.45, 7) is 7.38. The van der Waals surface area contributed by atoms with Crippen molar-refractivity contribution >= 4 is 22.7 Å². The van der Waals surface area contributed by atoms with E-state index >= 15 is 0 Å². The molecule has 2 aliphatic rings. The molecule has 0 amide bonds. The molecule has 0 aromatic carbocycles. The topological polar surface area (TPSA) is 28.6 Å². The van der Waals surface area contributed by atoms with Crippen LogP contribution in [0.3, 0.4) is 0 Å². The highest BCUT2D eigenvalue weighted by Gasteiger charge is 2.39. The van der Waals surface area contributed by atoms with Crippen molar-refractivity contribution < 1.29 is 4.74 Å². The fourth-order valence-electron chi connectivity index (χ4n) is 3.66. The van der Waals surface area contributed by atoms with Crippen LogP contribution in [-0.4, -0.2) is 53.2 Å². The van der Waals surface area contributed by atoms with Crippen molar-refractivity contribution in [1.82, 2.24) is 14.8 Å². The minimum Gasteiger partial charge on any atom is -0.372 e. The second kappa shape index (κ2) is 6.99. The van der Waals surface area contributed by atoms with E-state index in [1.165, 1.54) is 10.4 Å². The number of piperidine rings is 1. The van der Waals surface area contributed by atoms with Gasteiger partial charge in [0.1, 0.15) is 0 Å². The van der Waals surface area contributed by atoms with E-state index in [4.69, 9.17) is 4.74 Å². The predicted octanol–water partition coefficient (Wildman–Crippen LogP) is 3.07. The molecule has 23 heavy (non-hydrogen) atoms. The Bertz CT molecular complexity index is 591. The molecule has 0 aliphatic carbocycles. The van der Waals surface area contributed by atoms with Crippen LogP contribution in [-0.2, 0) is 17.8 Å². The van der Waals surface area contributed by atoms with Crippen LogP contribution in [0.25, 0.3) is 0 Å². The lowest BCUT2D eigenvalue weighted by Crippen LogP contribution is -2.56. The van der Waals surface area contributed by atoms with Crippen LogP contribution in [0.2, 0.25) is 0 Å². The minimum atomic E-state index is 0.0818. The molecule has 4 rings (SSSR count). The molecular formula is C17H23N3OS2. The number of thiophene rings is 1. The first-order valence-electron chi connectivity index (χ1n) is 8.28. The third-order valence-electron chi connectivity index (χ3n) is 4.94. The molecule has 4 heterocycles. The zero-order valence-electron chi connectivity index (χ0n) is 13.3. The molecule has 0 saturated carbocycles. The summed E-state index contributed by atoms with van der Waals surface area (Å²) in [7, 11) is 0. The molecule has 1 spiro atoms. The van der Waals surface area contributed by atoms with Crippen molar-refractivity contribution in [3.8, 4) is 0 Å². The van der Waals surface area contributed by atoms with Crippen molar-refractivity contribution in [1.29, 1.82) is 0 Å². The molecule has 4 nitrogen and oxygen atoms in total. The van der Waals surface area contributed by atoms with Gasteiger partial charge < -0.3 is 4.74 Å². The summed E-state index contributed by atoms with van der Waals surface area (Å²) >= 11 is 3.54. The first kappa shape index (κ1) is 15.7. The van der Waals surface area contributed by atoms with Gasteiger partial charge in [-0.2, -0.15) is 11.3 Å². The van der Waals surface area contributed by atoms with Gasteiger partial charge in [-0.3, -0.25) is 14.8 Å². The highest BCUT2D eigenvalue weighted by atomic mass is 32.1. The van der Waals surface area contributed by atoms with Crippen molar-refractivity contribution in [3.05, 3.63) is 39.0 Å². The number of aromatic nitrogens is 1.